The molecule has 176 valence electrons. The van der Waals surface area contributed by atoms with Crippen molar-refractivity contribution in [3.8, 4) is 5.75 Å². The zero-order valence-corrected chi connectivity index (χ0v) is 17.4. The van der Waals surface area contributed by atoms with Gasteiger partial charge in [-0.1, -0.05) is 13.0 Å². The number of phenols is 1. The highest BCUT2D eigenvalue weighted by Crippen LogP contribution is 2.55. The van der Waals surface area contributed by atoms with Gasteiger partial charge in [-0.2, -0.15) is 13.2 Å². The Bertz CT molecular complexity index is 1250. The van der Waals surface area contributed by atoms with E-state index in [2.05, 4.69) is 15.3 Å². The summed E-state index contributed by atoms with van der Waals surface area (Å²) in [4.78, 5) is 7.73. The fourth-order valence-corrected chi connectivity index (χ4v) is 4.45. The lowest BCUT2D eigenvalue weighted by Gasteiger charge is -2.45. The summed E-state index contributed by atoms with van der Waals surface area (Å²) in [5.41, 5.74) is -4.42. The Labute approximate surface area is 184 Å². The molecule has 4 rings (SSSR count). The Balaban J connectivity index is 1.97. The number of aromatic hydroxyl groups is 1. The van der Waals surface area contributed by atoms with Gasteiger partial charge in [0.25, 0.3) is 0 Å². The summed E-state index contributed by atoms with van der Waals surface area (Å²) in [5, 5.41) is 23.6. The molecular formula is C22H19F6N3O2. The second-order valence-corrected chi connectivity index (χ2v) is 8.11. The van der Waals surface area contributed by atoms with Crippen molar-refractivity contribution in [3.63, 3.8) is 0 Å². The molecule has 0 amide bonds. The number of nitrogens with one attached hydrogen (secondary N) is 1. The average molecular weight is 471 g/mol. The maximum atomic E-state index is 14.3. The van der Waals surface area contributed by atoms with Crippen LogP contribution in [0.1, 0.15) is 48.7 Å². The van der Waals surface area contributed by atoms with Gasteiger partial charge < -0.3 is 15.5 Å². The van der Waals surface area contributed by atoms with Crippen molar-refractivity contribution in [2.45, 2.75) is 50.4 Å². The van der Waals surface area contributed by atoms with Crippen LogP contribution in [0.25, 0.3) is 10.9 Å². The van der Waals surface area contributed by atoms with Gasteiger partial charge in [-0.3, -0.25) is 0 Å². The predicted molar refractivity (Wildman–Crippen MR) is 107 cm³/mol. The number of rotatable bonds is 3. The third-order valence-electron chi connectivity index (χ3n) is 6.13. The molecule has 1 aromatic heterocycles. The lowest BCUT2D eigenvalue weighted by atomic mass is 9.69. The molecule has 1 heterocycles. The van der Waals surface area contributed by atoms with E-state index in [0.29, 0.717) is 6.07 Å². The molecule has 0 saturated carbocycles. The number of anilines is 1. The zero-order valence-electron chi connectivity index (χ0n) is 17.4. The molecule has 3 unspecified atom stereocenters. The van der Waals surface area contributed by atoms with E-state index >= 15 is 0 Å². The fraction of sp³-hybridized carbons (Fsp3) is 0.364. The van der Waals surface area contributed by atoms with E-state index in [4.69, 9.17) is 0 Å². The number of nitrogens with zero attached hydrogens (tertiary/aromatic N) is 2. The number of alkyl halides is 3. The summed E-state index contributed by atoms with van der Waals surface area (Å²) in [6, 6.07) is 0.481. The molecule has 0 saturated heterocycles. The summed E-state index contributed by atoms with van der Waals surface area (Å²) < 4.78 is 85.3. The van der Waals surface area contributed by atoms with Crippen molar-refractivity contribution in [2.24, 2.45) is 0 Å². The number of aromatic nitrogens is 2. The maximum Gasteiger partial charge on any atom is 0.419 e. The lowest BCUT2D eigenvalue weighted by molar-refractivity contribution is -0.272. The standard InChI is InChI=1S/C22H19F6N3O2/c1-3-10-7-21(33,22(26,27)28)20(11-4-5-13(23)19(32)16(10)11)31-15-6-14(24)17(25)18-12(15)8-29-9(2)30-18/h4-6,8,10,20,31-33H,3,7H2,1-2H3. The van der Waals surface area contributed by atoms with E-state index in [1.807, 2.05) is 0 Å². The van der Waals surface area contributed by atoms with Gasteiger partial charge in [-0.25, -0.2) is 23.1 Å². The highest BCUT2D eigenvalue weighted by molar-refractivity contribution is 5.91. The van der Waals surface area contributed by atoms with E-state index in [1.54, 1.807) is 6.92 Å². The third-order valence-corrected chi connectivity index (χ3v) is 6.13. The monoisotopic (exact) mass is 471 g/mol. The van der Waals surface area contributed by atoms with Gasteiger partial charge in [-0.05, 0) is 37.3 Å². The average Bonchev–Trinajstić information content (AvgIpc) is 2.74. The lowest BCUT2D eigenvalue weighted by Crippen LogP contribution is -2.55. The molecule has 0 aliphatic heterocycles. The summed E-state index contributed by atoms with van der Waals surface area (Å²) >= 11 is 0. The van der Waals surface area contributed by atoms with Crippen molar-refractivity contribution in [1.29, 1.82) is 0 Å². The van der Waals surface area contributed by atoms with E-state index in [1.165, 1.54) is 6.92 Å². The molecule has 0 radical (unpaired) electrons. The predicted octanol–water partition coefficient (Wildman–Crippen LogP) is 5.41. The minimum atomic E-state index is -5.15. The molecule has 3 atom stereocenters. The van der Waals surface area contributed by atoms with Crippen molar-refractivity contribution in [1.82, 2.24) is 9.97 Å². The fourth-order valence-electron chi connectivity index (χ4n) is 4.45. The number of aryl methyl sites for hydroxylation is 1. The van der Waals surface area contributed by atoms with E-state index < -0.39 is 58.9 Å². The Morgan fingerprint density at radius 2 is 1.88 bits per heavy atom. The number of fused-ring (bicyclic) bond motifs is 2. The topological polar surface area (TPSA) is 78.3 Å². The molecule has 0 spiro atoms. The summed E-state index contributed by atoms with van der Waals surface area (Å²) in [6.45, 7) is 2.98. The second-order valence-electron chi connectivity index (χ2n) is 8.11. The van der Waals surface area contributed by atoms with Crippen molar-refractivity contribution >= 4 is 16.6 Å². The third kappa shape index (κ3) is 3.54. The van der Waals surface area contributed by atoms with Gasteiger partial charge in [0.15, 0.2) is 28.8 Å². The van der Waals surface area contributed by atoms with Crippen LogP contribution < -0.4 is 5.32 Å². The minimum absolute atomic E-state index is 0.0797. The molecule has 11 heteroatoms. The van der Waals surface area contributed by atoms with Gasteiger partial charge >= 0.3 is 6.18 Å². The van der Waals surface area contributed by atoms with Crippen molar-refractivity contribution in [2.75, 3.05) is 5.32 Å². The van der Waals surface area contributed by atoms with Crippen LogP contribution in [0.3, 0.4) is 0 Å². The molecule has 3 N–H and O–H groups in total. The molecule has 5 nitrogen and oxygen atoms in total. The highest BCUT2D eigenvalue weighted by atomic mass is 19.4. The van der Waals surface area contributed by atoms with Crippen LogP contribution in [0.2, 0.25) is 0 Å². The molecule has 0 bridgehead atoms. The first kappa shape index (κ1) is 23.1. The number of benzene rings is 2. The van der Waals surface area contributed by atoms with Gasteiger partial charge in [0, 0.05) is 28.9 Å². The summed E-state index contributed by atoms with van der Waals surface area (Å²) in [7, 11) is 0. The van der Waals surface area contributed by atoms with E-state index in [9.17, 15) is 36.6 Å². The Kier molecular flexibility index (Phi) is 5.43. The van der Waals surface area contributed by atoms with E-state index in [-0.39, 0.29) is 34.4 Å². The van der Waals surface area contributed by atoms with Crippen LogP contribution in [0.4, 0.5) is 32.0 Å². The van der Waals surface area contributed by atoms with Crippen LogP contribution in [0.15, 0.2) is 24.4 Å². The Morgan fingerprint density at radius 3 is 2.52 bits per heavy atom. The quantitative estimate of drug-likeness (QED) is 0.446. The molecule has 0 fully saturated rings. The Morgan fingerprint density at radius 1 is 1.18 bits per heavy atom. The van der Waals surface area contributed by atoms with E-state index in [0.717, 1.165) is 18.3 Å². The molecule has 2 aromatic carbocycles. The first-order valence-corrected chi connectivity index (χ1v) is 10.1. The van der Waals surface area contributed by atoms with Crippen LogP contribution in [0, 0.1) is 24.4 Å². The molecular weight excluding hydrogens is 452 g/mol. The van der Waals surface area contributed by atoms with Gasteiger partial charge in [0.05, 0.1) is 6.04 Å². The second kappa shape index (κ2) is 7.75. The minimum Gasteiger partial charge on any atom is -0.505 e. The SMILES string of the molecule is CCC1CC(O)(C(F)(F)F)C(Nc2cc(F)c(F)c3nc(C)ncc23)c2ccc(F)c(O)c21. The number of aliphatic hydroxyl groups is 1. The zero-order chi connectivity index (χ0) is 24.3. The van der Waals surface area contributed by atoms with Gasteiger partial charge in [-0.15, -0.1) is 0 Å². The molecule has 3 aromatic rings. The molecule has 33 heavy (non-hydrogen) atoms. The summed E-state index contributed by atoms with van der Waals surface area (Å²) in [6.07, 6.45) is -4.83. The van der Waals surface area contributed by atoms with Crippen LogP contribution in [-0.2, 0) is 0 Å². The van der Waals surface area contributed by atoms with Crippen LogP contribution in [0.5, 0.6) is 5.75 Å². The maximum absolute atomic E-state index is 14.3. The first-order chi connectivity index (χ1) is 15.4. The smallest absolute Gasteiger partial charge is 0.419 e. The molecule has 1 aliphatic rings. The van der Waals surface area contributed by atoms with Crippen LogP contribution in [-0.4, -0.2) is 32.0 Å². The van der Waals surface area contributed by atoms with Crippen molar-refractivity contribution in [3.05, 3.63) is 58.8 Å². The molecule has 1 aliphatic carbocycles. The largest absolute Gasteiger partial charge is 0.505 e. The Hall–Kier alpha value is -3.08. The summed E-state index contributed by atoms with van der Waals surface area (Å²) in [5.74, 6) is -5.41. The number of phenolic OH excluding ortho intramolecular Hbond substituents is 1. The first-order valence-electron chi connectivity index (χ1n) is 10.1. The van der Waals surface area contributed by atoms with Crippen LogP contribution >= 0.6 is 0 Å². The van der Waals surface area contributed by atoms with Crippen molar-refractivity contribution < 1.29 is 36.6 Å². The van der Waals surface area contributed by atoms with Gasteiger partial charge in [0.2, 0.25) is 0 Å². The number of hydrogen-bond donors (Lipinski definition) is 3. The number of hydrogen-bond acceptors (Lipinski definition) is 5. The van der Waals surface area contributed by atoms with Gasteiger partial charge in [0.1, 0.15) is 11.3 Å². The highest BCUT2D eigenvalue weighted by Gasteiger charge is 2.62. The number of halogens is 6. The normalized spacial score (nSPS) is 22.9.